The molecular weight excluding hydrogens is 600 g/mol. The molecule has 6 nitrogen and oxygen atoms in total. The standard InChI is InChI=1S/C42H80O6/c1-5-7-9-11-20-25-29-33-40(43)46-36-39(48-42(45)35-31-27-21-12-10-8-6-2)37-47-41(44)34-30-26-23-19-17-15-13-14-16-18-22-24-28-32-38(3)4/h38-39H,5-37H2,1-4H3/t39-/m1/s1. The molecule has 0 aliphatic carbocycles. The van der Waals surface area contributed by atoms with Crippen LogP contribution in [0.15, 0.2) is 0 Å². The van der Waals surface area contributed by atoms with Gasteiger partial charge in [0.2, 0.25) is 0 Å². The van der Waals surface area contributed by atoms with E-state index in [-0.39, 0.29) is 31.1 Å². The molecule has 0 bridgehead atoms. The van der Waals surface area contributed by atoms with Gasteiger partial charge in [0, 0.05) is 19.3 Å². The summed E-state index contributed by atoms with van der Waals surface area (Å²) in [6, 6.07) is 0. The van der Waals surface area contributed by atoms with Crippen LogP contribution in [0.2, 0.25) is 0 Å². The van der Waals surface area contributed by atoms with Gasteiger partial charge in [-0.05, 0) is 25.2 Å². The molecule has 0 aromatic heterocycles. The third kappa shape index (κ3) is 35.7. The van der Waals surface area contributed by atoms with Gasteiger partial charge in [-0.3, -0.25) is 14.4 Å². The molecule has 0 aromatic carbocycles. The average Bonchev–Trinajstić information content (AvgIpc) is 3.06. The van der Waals surface area contributed by atoms with Crippen LogP contribution in [0.4, 0.5) is 0 Å². The summed E-state index contributed by atoms with van der Waals surface area (Å²) < 4.78 is 16.5. The van der Waals surface area contributed by atoms with Crippen LogP contribution in [-0.4, -0.2) is 37.2 Å². The number of hydrogen-bond acceptors (Lipinski definition) is 6. The van der Waals surface area contributed by atoms with E-state index in [1.54, 1.807) is 0 Å². The molecule has 0 amide bonds. The van der Waals surface area contributed by atoms with Gasteiger partial charge in [-0.15, -0.1) is 0 Å². The van der Waals surface area contributed by atoms with E-state index in [4.69, 9.17) is 14.2 Å². The Balaban J connectivity index is 4.17. The van der Waals surface area contributed by atoms with Crippen LogP contribution >= 0.6 is 0 Å². The second-order valence-electron chi connectivity index (χ2n) is 14.7. The lowest BCUT2D eigenvalue weighted by molar-refractivity contribution is -0.167. The van der Waals surface area contributed by atoms with Crippen molar-refractivity contribution < 1.29 is 28.6 Å². The van der Waals surface area contributed by atoms with Crippen molar-refractivity contribution in [2.24, 2.45) is 5.92 Å². The third-order valence-corrected chi connectivity index (χ3v) is 9.29. The number of unbranched alkanes of at least 4 members (excludes halogenated alkanes) is 24. The number of hydrogen-bond donors (Lipinski definition) is 0. The van der Waals surface area contributed by atoms with Gasteiger partial charge in [-0.25, -0.2) is 0 Å². The first kappa shape index (κ1) is 46.4. The normalized spacial score (nSPS) is 11.9. The topological polar surface area (TPSA) is 78.9 Å². The first-order valence-electron chi connectivity index (χ1n) is 20.9. The molecule has 0 aliphatic heterocycles. The highest BCUT2D eigenvalue weighted by Gasteiger charge is 2.19. The molecule has 0 unspecified atom stereocenters. The van der Waals surface area contributed by atoms with Gasteiger partial charge >= 0.3 is 17.9 Å². The molecule has 0 rings (SSSR count). The van der Waals surface area contributed by atoms with Crippen molar-refractivity contribution in [3.63, 3.8) is 0 Å². The van der Waals surface area contributed by atoms with Crippen LogP contribution in [-0.2, 0) is 28.6 Å². The highest BCUT2D eigenvalue weighted by molar-refractivity contribution is 5.71. The molecule has 0 aromatic rings. The fourth-order valence-electron chi connectivity index (χ4n) is 6.10. The van der Waals surface area contributed by atoms with Gasteiger partial charge in [0.1, 0.15) is 13.2 Å². The summed E-state index contributed by atoms with van der Waals surface area (Å²) >= 11 is 0. The van der Waals surface area contributed by atoms with Crippen molar-refractivity contribution in [2.45, 2.75) is 233 Å². The van der Waals surface area contributed by atoms with E-state index in [2.05, 4.69) is 27.7 Å². The zero-order valence-corrected chi connectivity index (χ0v) is 32.4. The van der Waals surface area contributed by atoms with E-state index >= 15 is 0 Å². The molecule has 0 N–H and O–H groups in total. The molecule has 6 heteroatoms. The molecular formula is C42H80O6. The van der Waals surface area contributed by atoms with Crippen molar-refractivity contribution >= 4 is 17.9 Å². The average molecular weight is 681 g/mol. The quantitative estimate of drug-likeness (QED) is 0.0369. The van der Waals surface area contributed by atoms with Gasteiger partial charge in [0.05, 0.1) is 0 Å². The lowest BCUT2D eigenvalue weighted by Gasteiger charge is -2.18. The predicted molar refractivity (Wildman–Crippen MR) is 201 cm³/mol. The summed E-state index contributed by atoms with van der Waals surface area (Å²) in [5, 5.41) is 0. The van der Waals surface area contributed by atoms with Crippen LogP contribution in [0.5, 0.6) is 0 Å². The molecule has 0 saturated heterocycles. The van der Waals surface area contributed by atoms with Crippen LogP contribution in [0, 0.1) is 5.92 Å². The van der Waals surface area contributed by atoms with Crippen molar-refractivity contribution in [1.82, 2.24) is 0 Å². The van der Waals surface area contributed by atoms with E-state index < -0.39 is 6.10 Å². The Hall–Kier alpha value is -1.59. The van der Waals surface area contributed by atoms with E-state index in [1.165, 1.54) is 122 Å². The first-order valence-corrected chi connectivity index (χ1v) is 20.9. The molecule has 284 valence electrons. The highest BCUT2D eigenvalue weighted by Crippen LogP contribution is 2.16. The lowest BCUT2D eigenvalue weighted by Crippen LogP contribution is -2.30. The number of ether oxygens (including phenoxy) is 3. The molecule has 1 atom stereocenters. The first-order chi connectivity index (χ1) is 23.4. The monoisotopic (exact) mass is 681 g/mol. The van der Waals surface area contributed by atoms with Crippen LogP contribution in [0.3, 0.4) is 0 Å². The van der Waals surface area contributed by atoms with Crippen molar-refractivity contribution in [3.05, 3.63) is 0 Å². The molecule has 0 aliphatic rings. The van der Waals surface area contributed by atoms with Crippen LogP contribution < -0.4 is 0 Å². The summed E-state index contributed by atoms with van der Waals surface area (Å²) in [4.78, 5) is 37.3. The molecule has 0 saturated carbocycles. The van der Waals surface area contributed by atoms with Crippen LogP contribution in [0.25, 0.3) is 0 Å². The van der Waals surface area contributed by atoms with Gasteiger partial charge in [0.15, 0.2) is 6.10 Å². The van der Waals surface area contributed by atoms with Crippen LogP contribution in [0.1, 0.15) is 227 Å². The summed E-state index contributed by atoms with van der Waals surface area (Å²) in [7, 11) is 0. The second kappa shape index (κ2) is 36.7. The molecule has 0 spiro atoms. The maximum Gasteiger partial charge on any atom is 0.306 e. The van der Waals surface area contributed by atoms with E-state index in [9.17, 15) is 14.4 Å². The third-order valence-electron chi connectivity index (χ3n) is 9.29. The van der Waals surface area contributed by atoms with Gasteiger partial charge < -0.3 is 14.2 Å². The Kier molecular flexibility index (Phi) is 35.5. The van der Waals surface area contributed by atoms with Gasteiger partial charge in [-0.1, -0.05) is 188 Å². The summed E-state index contributed by atoms with van der Waals surface area (Å²) in [5.74, 6) is -0.0330. The SMILES string of the molecule is CCCCCCCCCC(=O)OC[C@H](COC(=O)CCCCCCCCCCCCCCCC(C)C)OC(=O)CCCCCCCCC. The van der Waals surface area contributed by atoms with Crippen molar-refractivity contribution in [2.75, 3.05) is 13.2 Å². The molecule has 0 heterocycles. The van der Waals surface area contributed by atoms with Gasteiger partial charge in [0.25, 0.3) is 0 Å². The summed E-state index contributed by atoms with van der Waals surface area (Å²) in [5.41, 5.74) is 0. The molecule has 0 radical (unpaired) electrons. The fourth-order valence-corrected chi connectivity index (χ4v) is 6.10. The van der Waals surface area contributed by atoms with E-state index in [0.717, 1.165) is 63.7 Å². The summed E-state index contributed by atoms with van der Waals surface area (Å²) in [6.45, 7) is 8.91. The Morgan fingerprint density at radius 1 is 0.396 bits per heavy atom. The molecule has 0 fully saturated rings. The Bertz CT molecular complexity index is 721. The fraction of sp³-hybridized carbons (Fsp3) is 0.929. The highest BCUT2D eigenvalue weighted by atomic mass is 16.6. The lowest BCUT2D eigenvalue weighted by atomic mass is 10.0. The van der Waals surface area contributed by atoms with Crippen molar-refractivity contribution in [1.29, 1.82) is 0 Å². The van der Waals surface area contributed by atoms with Crippen molar-refractivity contribution in [3.8, 4) is 0 Å². The largest absolute Gasteiger partial charge is 0.462 e. The summed E-state index contributed by atoms with van der Waals surface area (Å²) in [6.07, 6.45) is 33.9. The Labute approximate surface area is 298 Å². The zero-order chi connectivity index (χ0) is 35.3. The second-order valence-corrected chi connectivity index (χ2v) is 14.7. The Morgan fingerprint density at radius 2 is 0.688 bits per heavy atom. The number of rotatable bonds is 37. The number of carbonyl (C=O) groups excluding carboxylic acids is 3. The number of carbonyl (C=O) groups is 3. The minimum atomic E-state index is -0.756. The van der Waals surface area contributed by atoms with E-state index in [0.29, 0.717) is 19.3 Å². The maximum atomic E-state index is 12.5. The minimum Gasteiger partial charge on any atom is -0.462 e. The zero-order valence-electron chi connectivity index (χ0n) is 32.4. The number of esters is 3. The smallest absolute Gasteiger partial charge is 0.306 e. The minimum absolute atomic E-state index is 0.0652. The van der Waals surface area contributed by atoms with E-state index in [1.807, 2.05) is 0 Å². The molecule has 48 heavy (non-hydrogen) atoms. The van der Waals surface area contributed by atoms with Gasteiger partial charge in [-0.2, -0.15) is 0 Å². The maximum absolute atomic E-state index is 12.5. The Morgan fingerprint density at radius 3 is 1.02 bits per heavy atom. The predicted octanol–water partition coefficient (Wildman–Crippen LogP) is 12.8.